The van der Waals surface area contributed by atoms with Crippen LogP contribution in [0.1, 0.15) is 30.6 Å². The summed E-state index contributed by atoms with van der Waals surface area (Å²) in [4.78, 5) is 6.48. The van der Waals surface area contributed by atoms with Crippen molar-refractivity contribution in [3.05, 3.63) is 11.3 Å². The number of methoxy groups -OCH3 is 1. The molecule has 0 aliphatic carbocycles. The van der Waals surface area contributed by atoms with Crippen LogP contribution in [0, 0.1) is 6.92 Å². The standard InChI is InChI=1S/C12H21N5O/c1-5-6-17-9(7-14-12(17)13)10-8(2)15-16(3)11(10)18-4/h9H,5-7H2,1-4H3,(H2,13,14). The third-order valence-corrected chi connectivity index (χ3v) is 3.30. The molecule has 1 aliphatic rings. The summed E-state index contributed by atoms with van der Waals surface area (Å²) in [5.74, 6) is 1.41. The van der Waals surface area contributed by atoms with E-state index in [2.05, 4.69) is 21.9 Å². The topological polar surface area (TPSA) is 68.7 Å². The van der Waals surface area contributed by atoms with Crippen molar-refractivity contribution in [2.24, 2.45) is 17.8 Å². The molecule has 0 aromatic carbocycles. The lowest BCUT2D eigenvalue weighted by Crippen LogP contribution is -2.36. The predicted octanol–water partition coefficient (Wildman–Crippen LogP) is 0.819. The maximum atomic E-state index is 5.95. The minimum atomic E-state index is 0.147. The Bertz CT molecular complexity index is 465. The maximum Gasteiger partial charge on any atom is 0.216 e. The van der Waals surface area contributed by atoms with Gasteiger partial charge in [0.1, 0.15) is 0 Å². The number of aryl methyl sites for hydroxylation is 2. The van der Waals surface area contributed by atoms with Crippen LogP contribution in [0.25, 0.3) is 0 Å². The van der Waals surface area contributed by atoms with E-state index in [4.69, 9.17) is 10.5 Å². The molecule has 0 fully saturated rings. The van der Waals surface area contributed by atoms with Crippen LogP contribution in [-0.4, -0.2) is 40.8 Å². The van der Waals surface area contributed by atoms with Gasteiger partial charge >= 0.3 is 0 Å². The zero-order chi connectivity index (χ0) is 13.3. The molecule has 1 aromatic heterocycles. The van der Waals surface area contributed by atoms with Gasteiger partial charge in [-0.1, -0.05) is 6.92 Å². The molecule has 2 rings (SSSR count). The number of aliphatic imine (C=N–C) groups is 1. The van der Waals surface area contributed by atoms with E-state index >= 15 is 0 Å². The van der Waals surface area contributed by atoms with E-state index < -0.39 is 0 Å². The zero-order valence-electron chi connectivity index (χ0n) is 11.5. The Morgan fingerprint density at radius 3 is 2.83 bits per heavy atom. The average Bonchev–Trinajstić information content (AvgIpc) is 2.81. The van der Waals surface area contributed by atoms with Crippen LogP contribution in [0.2, 0.25) is 0 Å². The number of nitrogens with zero attached hydrogens (tertiary/aromatic N) is 4. The Balaban J connectivity index is 2.37. The van der Waals surface area contributed by atoms with Crippen LogP contribution in [0.5, 0.6) is 5.88 Å². The summed E-state index contributed by atoms with van der Waals surface area (Å²) in [7, 11) is 3.56. The molecule has 2 N–H and O–H groups in total. The van der Waals surface area contributed by atoms with Crippen molar-refractivity contribution in [3.8, 4) is 5.88 Å². The molecule has 18 heavy (non-hydrogen) atoms. The molecule has 0 saturated carbocycles. The molecule has 100 valence electrons. The van der Waals surface area contributed by atoms with Crippen molar-refractivity contribution in [1.82, 2.24) is 14.7 Å². The first-order chi connectivity index (χ1) is 8.60. The molecule has 1 unspecified atom stereocenters. The summed E-state index contributed by atoms with van der Waals surface area (Å²) < 4.78 is 7.22. The number of hydrogen-bond donors (Lipinski definition) is 1. The molecule has 0 bridgehead atoms. The molecule has 2 heterocycles. The summed E-state index contributed by atoms with van der Waals surface area (Å²) in [5.41, 5.74) is 8.02. The van der Waals surface area contributed by atoms with Crippen LogP contribution in [0.3, 0.4) is 0 Å². The largest absolute Gasteiger partial charge is 0.481 e. The van der Waals surface area contributed by atoms with E-state index in [1.807, 2.05) is 14.0 Å². The number of ether oxygens (including phenoxy) is 1. The first-order valence-electron chi connectivity index (χ1n) is 6.24. The van der Waals surface area contributed by atoms with Gasteiger partial charge in [0.2, 0.25) is 5.88 Å². The second-order valence-electron chi connectivity index (χ2n) is 4.54. The first kappa shape index (κ1) is 12.7. The summed E-state index contributed by atoms with van der Waals surface area (Å²) in [6.45, 7) is 5.71. The van der Waals surface area contributed by atoms with Gasteiger partial charge in [-0.15, -0.1) is 0 Å². The van der Waals surface area contributed by atoms with Gasteiger partial charge in [-0.25, -0.2) is 4.68 Å². The number of rotatable bonds is 4. The second kappa shape index (κ2) is 4.88. The van der Waals surface area contributed by atoms with Crippen molar-refractivity contribution in [2.75, 3.05) is 20.2 Å². The number of nitrogens with two attached hydrogens (primary N) is 1. The van der Waals surface area contributed by atoms with Gasteiger partial charge in [0, 0.05) is 13.6 Å². The van der Waals surface area contributed by atoms with Gasteiger partial charge in [0.15, 0.2) is 5.96 Å². The SMILES string of the molecule is CCCN1C(N)=NCC1c1c(C)nn(C)c1OC. The van der Waals surface area contributed by atoms with Crippen molar-refractivity contribution < 1.29 is 4.74 Å². The number of aromatic nitrogens is 2. The minimum absolute atomic E-state index is 0.147. The lowest BCUT2D eigenvalue weighted by molar-refractivity contribution is 0.321. The molecular weight excluding hydrogens is 230 g/mol. The second-order valence-corrected chi connectivity index (χ2v) is 4.54. The van der Waals surface area contributed by atoms with Crippen molar-refractivity contribution in [2.45, 2.75) is 26.3 Å². The lowest BCUT2D eigenvalue weighted by atomic mass is 10.1. The normalized spacial score (nSPS) is 19.2. The smallest absolute Gasteiger partial charge is 0.216 e. The highest BCUT2D eigenvalue weighted by Crippen LogP contribution is 2.34. The predicted molar refractivity (Wildman–Crippen MR) is 70.7 cm³/mol. The summed E-state index contributed by atoms with van der Waals surface area (Å²) in [5, 5.41) is 4.42. The van der Waals surface area contributed by atoms with Gasteiger partial charge in [-0.05, 0) is 13.3 Å². The molecule has 1 aromatic rings. The Labute approximate surface area is 107 Å². The fraction of sp³-hybridized carbons (Fsp3) is 0.667. The summed E-state index contributed by atoms with van der Waals surface area (Å²) >= 11 is 0. The van der Waals surface area contributed by atoms with Crippen LogP contribution in [0.4, 0.5) is 0 Å². The third kappa shape index (κ3) is 1.91. The fourth-order valence-corrected chi connectivity index (χ4v) is 2.57. The molecule has 0 spiro atoms. The highest BCUT2D eigenvalue weighted by atomic mass is 16.5. The number of guanidine groups is 1. The van der Waals surface area contributed by atoms with E-state index in [9.17, 15) is 0 Å². The van der Waals surface area contributed by atoms with Crippen LogP contribution in [0.15, 0.2) is 4.99 Å². The zero-order valence-corrected chi connectivity index (χ0v) is 11.5. The average molecular weight is 251 g/mol. The Kier molecular flexibility index (Phi) is 3.45. The van der Waals surface area contributed by atoms with E-state index in [1.54, 1.807) is 11.8 Å². The third-order valence-electron chi connectivity index (χ3n) is 3.30. The lowest BCUT2D eigenvalue weighted by Gasteiger charge is -2.26. The monoisotopic (exact) mass is 251 g/mol. The number of hydrogen-bond acceptors (Lipinski definition) is 5. The molecule has 1 atom stereocenters. The van der Waals surface area contributed by atoms with Gasteiger partial charge in [0.25, 0.3) is 0 Å². The molecular formula is C12H21N5O. The highest BCUT2D eigenvalue weighted by Gasteiger charge is 2.32. The van der Waals surface area contributed by atoms with E-state index in [0.717, 1.165) is 30.1 Å². The molecule has 0 saturated heterocycles. The van der Waals surface area contributed by atoms with Crippen molar-refractivity contribution in [3.63, 3.8) is 0 Å². The van der Waals surface area contributed by atoms with E-state index in [0.29, 0.717) is 12.5 Å². The maximum absolute atomic E-state index is 5.95. The summed E-state index contributed by atoms with van der Waals surface area (Å²) in [6.07, 6.45) is 1.04. The van der Waals surface area contributed by atoms with Gasteiger partial charge < -0.3 is 15.4 Å². The minimum Gasteiger partial charge on any atom is -0.481 e. The first-order valence-corrected chi connectivity index (χ1v) is 6.24. The Hall–Kier alpha value is -1.72. The van der Waals surface area contributed by atoms with Gasteiger partial charge in [-0.2, -0.15) is 5.10 Å². The highest BCUT2D eigenvalue weighted by molar-refractivity contribution is 5.80. The van der Waals surface area contributed by atoms with Gasteiger partial charge in [-0.3, -0.25) is 4.99 Å². The Morgan fingerprint density at radius 1 is 1.50 bits per heavy atom. The summed E-state index contributed by atoms with van der Waals surface area (Å²) in [6, 6.07) is 0.147. The quantitative estimate of drug-likeness (QED) is 0.860. The van der Waals surface area contributed by atoms with Gasteiger partial charge in [0.05, 0.1) is 31.0 Å². The molecule has 0 radical (unpaired) electrons. The van der Waals surface area contributed by atoms with Crippen molar-refractivity contribution in [1.29, 1.82) is 0 Å². The molecule has 0 amide bonds. The van der Waals surface area contributed by atoms with E-state index in [1.165, 1.54) is 0 Å². The van der Waals surface area contributed by atoms with Crippen molar-refractivity contribution >= 4 is 5.96 Å². The van der Waals surface area contributed by atoms with Crippen LogP contribution >= 0.6 is 0 Å². The molecule has 6 nitrogen and oxygen atoms in total. The van der Waals surface area contributed by atoms with E-state index in [-0.39, 0.29) is 6.04 Å². The Morgan fingerprint density at radius 2 is 2.22 bits per heavy atom. The molecule has 6 heteroatoms. The fourth-order valence-electron chi connectivity index (χ4n) is 2.57. The van der Waals surface area contributed by atoms with Crippen LogP contribution in [-0.2, 0) is 7.05 Å². The van der Waals surface area contributed by atoms with Crippen LogP contribution < -0.4 is 10.5 Å². The molecule has 1 aliphatic heterocycles.